The number of aryl methyl sites for hydroxylation is 2. The van der Waals surface area contributed by atoms with E-state index in [1.165, 1.54) is 24.3 Å². The van der Waals surface area contributed by atoms with Gasteiger partial charge in [-0.2, -0.15) is 0 Å². The van der Waals surface area contributed by atoms with Crippen LogP contribution in [0.15, 0.2) is 60.7 Å². The molecule has 4 heterocycles. The zero-order valence-electron chi connectivity index (χ0n) is 59.0. The second-order valence-electron chi connectivity index (χ2n) is 29.4. The van der Waals surface area contributed by atoms with Gasteiger partial charge in [0, 0.05) is 154 Å². The number of piperidine rings is 2. The van der Waals surface area contributed by atoms with E-state index in [9.17, 15) is 42.3 Å². The first-order valence-corrected chi connectivity index (χ1v) is 33.9. The Morgan fingerprint density at radius 1 is 0.532 bits per heavy atom. The van der Waals surface area contributed by atoms with E-state index in [-0.39, 0.29) is 76.5 Å². The molecular weight excluding hydrogens is 1250 g/mol. The number of carboxylic acid groups (broad SMARTS) is 1. The minimum Gasteiger partial charge on any atom is -0.481 e. The maximum absolute atomic E-state index is 15.1. The smallest absolute Gasteiger partial charge is 0.410 e. The Morgan fingerprint density at radius 3 is 1.22 bits per heavy atom. The summed E-state index contributed by atoms with van der Waals surface area (Å²) in [6.45, 7) is 44.7. The topological polar surface area (TPSA) is 141 Å². The van der Waals surface area contributed by atoms with Gasteiger partial charge in [-0.3, -0.25) is 29.0 Å². The van der Waals surface area contributed by atoms with E-state index in [0.717, 1.165) is 52.3 Å². The Hall–Kier alpha value is -6.15. The largest absolute Gasteiger partial charge is 0.481 e. The third-order valence-electron chi connectivity index (χ3n) is 18.9. The zero-order chi connectivity index (χ0) is 70.4. The van der Waals surface area contributed by atoms with Crippen molar-refractivity contribution in [3.63, 3.8) is 0 Å². The van der Waals surface area contributed by atoms with Crippen LogP contribution in [-0.4, -0.2) is 172 Å². The number of benzene rings is 4. The highest BCUT2D eigenvalue weighted by Crippen LogP contribution is 2.42. The number of anilines is 2. The molecule has 520 valence electrons. The average molecular weight is 1350 g/mol. The molecule has 0 aliphatic carbocycles. The number of halogens is 6. The molecule has 0 bridgehead atoms. The fraction of sp³-hybridized carbons (Fsp3) is 0.603. The number of hydrogen-bond acceptors (Lipinski definition) is 10. The minimum atomic E-state index is -0.919. The lowest BCUT2D eigenvalue weighted by molar-refractivity contribution is -0.145. The van der Waals surface area contributed by atoms with Crippen LogP contribution in [0.25, 0.3) is 0 Å². The Labute approximate surface area is 567 Å². The minimum absolute atomic E-state index is 0.0149. The molecule has 15 nitrogen and oxygen atoms in total. The molecule has 94 heavy (non-hydrogen) atoms. The van der Waals surface area contributed by atoms with Gasteiger partial charge >= 0.3 is 12.1 Å². The molecule has 1 unspecified atom stereocenters. The molecule has 0 saturated carbocycles. The highest BCUT2D eigenvalue weighted by atomic mass is 35.5. The van der Waals surface area contributed by atoms with E-state index >= 15 is 4.39 Å². The number of rotatable bonds is 12. The van der Waals surface area contributed by atoms with Crippen LogP contribution in [0.5, 0.6) is 0 Å². The summed E-state index contributed by atoms with van der Waals surface area (Å²) in [5, 5.41) is 10.8. The van der Waals surface area contributed by atoms with Gasteiger partial charge in [-0.25, -0.2) is 22.4 Å². The van der Waals surface area contributed by atoms with Crippen LogP contribution in [0.4, 0.5) is 33.7 Å². The lowest BCUT2D eigenvalue weighted by atomic mass is 9.78. The summed E-state index contributed by atoms with van der Waals surface area (Å²) in [7, 11) is 0. The van der Waals surface area contributed by atoms with Crippen LogP contribution in [0.3, 0.4) is 0 Å². The molecule has 1 N–H and O–H groups in total. The van der Waals surface area contributed by atoms with Crippen LogP contribution in [0.2, 0.25) is 10.0 Å². The lowest BCUT2D eigenvalue weighted by Gasteiger charge is -2.46. The number of hydrogen-bond donors (Lipinski definition) is 1. The SMILES string of the molecule is CC(=O)N(C(C)C)[C@H](C)c1cc(C)c(Cl)cc1N1CCN(C(=O)C2CCN(C(C)(C)C)C[C@H]2c2ccc(F)cc2F)CC1.CC(=O)N(C(C)C)[C@H](C)c1cc(C)c(Cl)cc1N1CCN(C(=O)OC(C)(C)C)CC1.CC(C)(C)N1CC[C@@H](C(=O)O)[C@H](c2ccc(F)cc2F)C1. The summed E-state index contributed by atoms with van der Waals surface area (Å²) < 4.78 is 61.5. The molecule has 0 spiro atoms. The Kier molecular flexibility index (Phi) is 26.0. The van der Waals surface area contributed by atoms with Gasteiger partial charge in [0.05, 0.1) is 18.0 Å². The van der Waals surface area contributed by atoms with Crippen molar-refractivity contribution in [2.75, 3.05) is 88.3 Å². The summed E-state index contributed by atoms with van der Waals surface area (Å²) in [4.78, 5) is 79.1. The Bertz CT molecular complexity index is 3320. The van der Waals surface area contributed by atoms with Crippen molar-refractivity contribution in [3.05, 3.63) is 127 Å². The standard InChI is InChI=1S/C34H47ClF2N4O2.C23H36ClN3O3.C16H21F2NO2/c1-21(2)41(24(5)42)23(4)28-17-22(3)30(35)19-32(28)38-13-15-39(16-14-38)33(43)27-11-12-40(34(6,7)8)20-29(27)26-10-9-25(36)18-31(26)37;1-15(2)27(18(5)28)17(4)19-13-16(3)20(24)14-21(19)25-9-11-26(12-10-25)22(29)30-23(6,7)8;1-16(2,3)19-7-6-12(15(20)21)13(9-19)11-5-4-10(17)8-14(11)18/h9-10,17-19,21,23,27,29H,11-16,20H2,1-8H3;13-15,17H,9-12H2,1-8H3;4-5,8,12-13H,6-7,9H2,1-3H3,(H,20,21)/t23-,27?,29+;17-;12-,13+/m111/s1. The van der Waals surface area contributed by atoms with Gasteiger partial charge in [-0.05, 0) is 201 Å². The van der Waals surface area contributed by atoms with Gasteiger partial charge in [0.15, 0.2) is 0 Å². The summed E-state index contributed by atoms with van der Waals surface area (Å²) in [6, 6.07) is 15.1. The molecule has 4 fully saturated rings. The molecule has 4 saturated heterocycles. The number of likely N-dealkylation sites (tertiary alicyclic amines) is 2. The van der Waals surface area contributed by atoms with Gasteiger partial charge in [0.1, 0.15) is 28.9 Å². The maximum atomic E-state index is 15.1. The van der Waals surface area contributed by atoms with Crippen molar-refractivity contribution < 1.29 is 51.4 Å². The summed E-state index contributed by atoms with van der Waals surface area (Å²) >= 11 is 13.1. The van der Waals surface area contributed by atoms with Crippen molar-refractivity contribution >= 4 is 64.4 Å². The highest BCUT2D eigenvalue weighted by Gasteiger charge is 2.43. The fourth-order valence-corrected chi connectivity index (χ4v) is 14.2. The van der Waals surface area contributed by atoms with Crippen molar-refractivity contribution in [1.82, 2.24) is 29.4 Å². The third kappa shape index (κ3) is 19.3. The number of carbonyl (C=O) groups is 5. The monoisotopic (exact) mass is 1350 g/mol. The number of carboxylic acids is 1. The van der Waals surface area contributed by atoms with E-state index in [1.807, 2.05) is 117 Å². The molecule has 6 atom stereocenters. The quantitative estimate of drug-likeness (QED) is 0.136. The van der Waals surface area contributed by atoms with E-state index < -0.39 is 46.7 Å². The van der Waals surface area contributed by atoms with Gasteiger partial charge in [-0.1, -0.05) is 47.5 Å². The lowest BCUT2D eigenvalue weighted by Crippen LogP contribution is -2.55. The molecule has 4 aliphatic rings. The first-order valence-electron chi connectivity index (χ1n) is 33.2. The van der Waals surface area contributed by atoms with E-state index in [2.05, 4.69) is 59.4 Å². The van der Waals surface area contributed by atoms with Crippen LogP contribution >= 0.6 is 23.2 Å². The second kappa shape index (κ2) is 31.8. The number of piperazine rings is 2. The number of carbonyl (C=O) groups excluding carboxylic acids is 4. The third-order valence-corrected chi connectivity index (χ3v) is 19.7. The van der Waals surface area contributed by atoms with Gasteiger partial charge < -0.3 is 39.2 Å². The average Bonchev–Trinajstić information content (AvgIpc) is 0.800. The Morgan fingerprint density at radius 2 is 0.894 bits per heavy atom. The molecule has 4 amide bonds. The molecular formula is C73H104Cl2F4N8O7. The highest BCUT2D eigenvalue weighted by molar-refractivity contribution is 6.32. The molecule has 4 aromatic carbocycles. The van der Waals surface area contributed by atoms with E-state index in [4.69, 9.17) is 27.9 Å². The van der Waals surface area contributed by atoms with Crippen LogP contribution in [0.1, 0.15) is 188 Å². The number of aliphatic carboxylic acids is 1. The van der Waals surface area contributed by atoms with Crippen molar-refractivity contribution in [3.8, 4) is 0 Å². The number of ether oxygens (including phenoxy) is 1. The fourth-order valence-electron chi connectivity index (χ4n) is 13.9. The molecule has 8 rings (SSSR count). The molecule has 21 heteroatoms. The predicted molar refractivity (Wildman–Crippen MR) is 368 cm³/mol. The van der Waals surface area contributed by atoms with Crippen molar-refractivity contribution in [2.24, 2.45) is 11.8 Å². The van der Waals surface area contributed by atoms with Crippen molar-refractivity contribution in [2.45, 2.75) is 197 Å². The van der Waals surface area contributed by atoms with Crippen LogP contribution in [-0.2, 0) is 23.9 Å². The van der Waals surface area contributed by atoms with Crippen LogP contribution in [0, 0.1) is 49.0 Å². The number of amides is 4. The normalized spacial score (nSPS) is 20.0. The van der Waals surface area contributed by atoms with Gasteiger partial charge in [0.2, 0.25) is 17.7 Å². The number of nitrogens with zero attached hydrogens (tertiary/aromatic N) is 8. The summed E-state index contributed by atoms with van der Waals surface area (Å²) in [5.74, 6) is -5.20. The second-order valence-corrected chi connectivity index (χ2v) is 30.2. The predicted octanol–water partition coefficient (Wildman–Crippen LogP) is 15.1. The molecule has 0 aromatic heterocycles. The zero-order valence-corrected chi connectivity index (χ0v) is 60.5. The first kappa shape index (κ1) is 76.9. The van der Waals surface area contributed by atoms with Gasteiger partial charge in [0.25, 0.3) is 0 Å². The van der Waals surface area contributed by atoms with Crippen molar-refractivity contribution in [1.29, 1.82) is 0 Å². The maximum Gasteiger partial charge on any atom is 0.410 e. The summed E-state index contributed by atoms with van der Waals surface area (Å²) in [6.07, 6.45) is 0.803. The summed E-state index contributed by atoms with van der Waals surface area (Å²) in [5.41, 5.74) is 5.99. The molecule has 0 radical (unpaired) electrons. The van der Waals surface area contributed by atoms with Crippen LogP contribution < -0.4 is 9.80 Å². The molecule has 4 aromatic rings. The van der Waals surface area contributed by atoms with E-state index in [1.54, 1.807) is 18.7 Å². The van der Waals surface area contributed by atoms with E-state index in [0.29, 0.717) is 100 Å². The Balaban J connectivity index is 0.000000239. The van der Waals surface area contributed by atoms with Gasteiger partial charge in [-0.15, -0.1) is 0 Å². The first-order chi connectivity index (χ1) is 43.6. The molecule has 4 aliphatic heterocycles.